The maximum Gasteiger partial charge on any atom is 0.152 e. The predicted octanol–water partition coefficient (Wildman–Crippen LogP) is 5.72. The van der Waals surface area contributed by atoms with Crippen LogP contribution in [0, 0.1) is 5.82 Å². The third-order valence-corrected chi connectivity index (χ3v) is 6.79. The fourth-order valence-corrected chi connectivity index (χ4v) is 4.32. The largest absolute Gasteiger partial charge is 0.489 e. The van der Waals surface area contributed by atoms with E-state index >= 15 is 0 Å². The highest BCUT2D eigenvalue weighted by atomic mass is 35.5. The maximum absolute atomic E-state index is 13.1. The van der Waals surface area contributed by atoms with Crippen molar-refractivity contribution in [3.8, 4) is 17.2 Å². The number of fused-ring (bicyclic) bond motifs is 1. The highest BCUT2D eigenvalue weighted by Gasteiger charge is 2.11. The second-order valence-corrected chi connectivity index (χ2v) is 11.3. The van der Waals surface area contributed by atoms with Gasteiger partial charge in [-0.25, -0.2) is 22.8 Å². The Hall–Kier alpha value is -3.77. The average Bonchev–Trinajstić information content (AvgIpc) is 3.40. The normalized spacial score (nSPS) is 11.0. The van der Waals surface area contributed by atoms with Crippen molar-refractivity contribution in [3.05, 3.63) is 96.4 Å². The number of halogens is 3. The van der Waals surface area contributed by atoms with Gasteiger partial charge < -0.3 is 19.8 Å². The molecule has 0 amide bonds. The number of pyridine rings is 1. The maximum atomic E-state index is 13.1. The number of rotatable bonds is 11. The Labute approximate surface area is 249 Å². The number of nitrogens with zero attached hydrogens (tertiary/aromatic N) is 3. The topological polar surface area (TPSA) is 119 Å². The van der Waals surface area contributed by atoms with Crippen molar-refractivity contribution in [1.29, 1.82) is 0 Å². The van der Waals surface area contributed by atoms with Crippen molar-refractivity contribution in [2.75, 3.05) is 23.9 Å². The molecule has 0 aliphatic heterocycles. The van der Waals surface area contributed by atoms with Crippen LogP contribution in [0.1, 0.15) is 11.1 Å². The number of hydrogen-bond donors (Lipinski definition) is 2. The summed E-state index contributed by atoms with van der Waals surface area (Å²) >= 11 is 0. The van der Waals surface area contributed by atoms with Crippen LogP contribution in [0.4, 0.5) is 15.9 Å². The van der Waals surface area contributed by atoms with E-state index in [1.54, 1.807) is 24.6 Å². The summed E-state index contributed by atoms with van der Waals surface area (Å²) in [5.41, 5.74) is 3.85. The number of sulfone groups is 1. The molecule has 41 heavy (non-hydrogen) atoms. The fourth-order valence-electron chi connectivity index (χ4n) is 3.80. The van der Waals surface area contributed by atoms with Crippen molar-refractivity contribution < 1.29 is 22.0 Å². The van der Waals surface area contributed by atoms with Crippen LogP contribution in [0.25, 0.3) is 22.4 Å². The Kier molecular flexibility index (Phi) is 11.0. The summed E-state index contributed by atoms with van der Waals surface area (Å²) in [4.78, 5) is 13.2. The number of aromatic nitrogens is 3. The lowest BCUT2D eigenvalue weighted by Gasteiger charge is -2.10. The van der Waals surface area contributed by atoms with E-state index in [4.69, 9.17) is 9.15 Å². The Morgan fingerprint density at radius 3 is 2.44 bits per heavy atom. The molecular weight excluding hydrogens is 592 g/mol. The Bertz CT molecular complexity index is 1680. The van der Waals surface area contributed by atoms with Gasteiger partial charge >= 0.3 is 0 Å². The van der Waals surface area contributed by atoms with E-state index in [1.807, 2.05) is 36.4 Å². The van der Waals surface area contributed by atoms with Gasteiger partial charge in [0.1, 0.15) is 45.8 Å². The first-order valence-electron chi connectivity index (χ1n) is 12.1. The lowest BCUT2D eigenvalue weighted by Crippen LogP contribution is -2.21. The molecule has 3 heterocycles. The van der Waals surface area contributed by atoms with Gasteiger partial charge in [-0.15, -0.1) is 24.8 Å². The Morgan fingerprint density at radius 1 is 0.951 bits per heavy atom. The highest BCUT2D eigenvalue weighted by molar-refractivity contribution is 7.90. The summed E-state index contributed by atoms with van der Waals surface area (Å²) in [7, 11) is -3.01. The Morgan fingerprint density at radius 2 is 1.71 bits per heavy atom. The second-order valence-electron chi connectivity index (χ2n) is 9.00. The summed E-state index contributed by atoms with van der Waals surface area (Å²) in [5.74, 6) is 1.67. The third-order valence-electron chi connectivity index (χ3n) is 5.84. The number of ether oxygens (including phenoxy) is 1. The second kappa shape index (κ2) is 14.2. The summed E-state index contributed by atoms with van der Waals surface area (Å²) in [6, 6.07) is 17.4. The van der Waals surface area contributed by atoms with Crippen molar-refractivity contribution in [1.82, 2.24) is 20.3 Å². The minimum Gasteiger partial charge on any atom is -0.489 e. The molecule has 3 aromatic heterocycles. The van der Waals surface area contributed by atoms with Gasteiger partial charge in [-0.3, -0.25) is 4.98 Å². The molecule has 9 nitrogen and oxygen atoms in total. The van der Waals surface area contributed by atoms with Gasteiger partial charge in [-0.05, 0) is 54.1 Å². The molecule has 0 saturated heterocycles. The van der Waals surface area contributed by atoms with Crippen molar-refractivity contribution in [3.63, 3.8) is 0 Å². The molecule has 0 atom stereocenters. The first-order valence-corrected chi connectivity index (χ1v) is 14.2. The van der Waals surface area contributed by atoms with Crippen molar-refractivity contribution in [2.45, 2.75) is 13.2 Å². The van der Waals surface area contributed by atoms with Gasteiger partial charge in [0.2, 0.25) is 0 Å². The van der Waals surface area contributed by atoms with Gasteiger partial charge in [0.25, 0.3) is 0 Å². The molecular formula is C28H28Cl2FN5O4S. The lowest BCUT2D eigenvalue weighted by molar-refractivity contribution is 0.306. The predicted molar refractivity (Wildman–Crippen MR) is 161 cm³/mol. The number of hydrogen-bond acceptors (Lipinski definition) is 9. The molecule has 0 bridgehead atoms. The van der Waals surface area contributed by atoms with Crippen molar-refractivity contribution >= 4 is 57.1 Å². The summed E-state index contributed by atoms with van der Waals surface area (Å²) in [5, 5.41) is 7.18. The number of anilines is 2. The first-order chi connectivity index (χ1) is 18.8. The molecule has 0 radical (unpaired) electrons. The summed E-state index contributed by atoms with van der Waals surface area (Å²) in [6.45, 7) is 1.18. The molecule has 13 heteroatoms. The van der Waals surface area contributed by atoms with Crippen LogP contribution in [-0.2, 0) is 23.0 Å². The zero-order chi connectivity index (χ0) is 27.2. The Balaban J connectivity index is 0.00000231. The SMILES string of the molecule is CS(=O)(=O)CCNCc1coc(-c2cc3c(Nc4ccc(OCc5ccc(F)cc5)cc4)ncnc3cn2)c1.Cl.Cl. The van der Waals surface area contributed by atoms with Gasteiger partial charge in [-0.1, -0.05) is 12.1 Å². The fraction of sp³-hybridized carbons (Fsp3) is 0.179. The van der Waals surface area contributed by atoms with Gasteiger partial charge in [0.05, 0.1) is 23.7 Å². The number of furan rings is 1. The monoisotopic (exact) mass is 619 g/mol. The molecule has 0 saturated carbocycles. The van der Waals surface area contributed by atoms with E-state index in [1.165, 1.54) is 24.7 Å². The van der Waals surface area contributed by atoms with E-state index in [0.717, 1.165) is 22.2 Å². The number of benzene rings is 2. The van der Waals surface area contributed by atoms with E-state index in [0.29, 0.717) is 48.2 Å². The summed E-state index contributed by atoms with van der Waals surface area (Å²) in [6.07, 6.45) is 5.97. The third kappa shape index (κ3) is 8.86. The molecule has 5 rings (SSSR count). The van der Waals surface area contributed by atoms with Gasteiger partial charge in [-0.2, -0.15) is 0 Å². The first kappa shape index (κ1) is 31.8. The van der Waals surface area contributed by atoms with E-state index in [2.05, 4.69) is 25.6 Å². The van der Waals surface area contributed by atoms with Crippen molar-refractivity contribution in [2.24, 2.45) is 0 Å². The van der Waals surface area contributed by atoms with Crippen LogP contribution in [0.15, 0.2) is 83.9 Å². The molecule has 0 aliphatic rings. The van der Waals surface area contributed by atoms with Gasteiger partial charge in [0, 0.05) is 36.0 Å². The average molecular weight is 621 g/mol. The number of nitrogens with one attached hydrogen (secondary N) is 2. The zero-order valence-electron chi connectivity index (χ0n) is 21.9. The standard InChI is InChI=1S/C28H26FN5O4S.2ClH/c1-39(35,36)11-10-30-14-20-12-27(38-17-20)25-13-24-26(15-31-25)32-18-33-28(24)34-22-6-8-23(9-7-22)37-16-19-2-4-21(29)5-3-19;;/h2-9,12-13,15,17-18,30H,10-11,14,16H2,1H3,(H,32,33,34);2*1H. The minimum atomic E-state index is -3.01. The van der Waals surface area contributed by atoms with Crippen LogP contribution < -0.4 is 15.4 Å². The minimum absolute atomic E-state index is 0. The highest BCUT2D eigenvalue weighted by Crippen LogP contribution is 2.28. The quantitative estimate of drug-likeness (QED) is 0.179. The van der Waals surface area contributed by atoms with E-state index in [-0.39, 0.29) is 36.4 Å². The van der Waals surface area contributed by atoms with Crippen LogP contribution in [-0.4, -0.2) is 41.9 Å². The van der Waals surface area contributed by atoms with E-state index < -0.39 is 9.84 Å². The molecule has 0 unspecified atom stereocenters. The molecule has 2 aromatic carbocycles. The molecule has 5 aromatic rings. The van der Waals surface area contributed by atoms with Gasteiger partial charge in [0.15, 0.2) is 5.76 Å². The molecule has 2 N–H and O–H groups in total. The summed E-state index contributed by atoms with van der Waals surface area (Å²) < 4.78 is 47.2. The van der Waals surface area contributed by atoms with Crippen LogP contribution in [0.2, 0.25) is 0 Å². The molecule has 0 fully saturated rings. The van der Waals surface area contributed by atoms with Crippen LogP contribution in [0.5, 0.6) is 5.75 Å². The molecule has 0 spiro atoms. The molecule has 216 valence electrons. The molecule has 0 aliphatic carbocycles. The van der Waals surface area contributed by atoms with Crippen LogP contribution >= 0.6 is 24.8 Å². The van der Waals surface area contributed by atoms with E-state index in [9.17, 15) is 12.8 Å². The van der Waals surface area contributed by atoms with Crippen LogP contribution in [0.3, 0.4) is 0 Å². The smallest absolute Gasteiger partial charge is 0.152 e. The lowest BCUT2D eigenvalue weighted by atomic mass is 10.2. The zero-order valence-corrected chi connectivity index (χ0v) is 24.4.